The predicted octanol–water partition coefficient (Wildman–Crippen LogP) is 1.86. The number of carbonyl (C=O) groups is 1. The zero-order valence-corrected chi connectivity index (χ0v) is 13.5. The van der Waals surface area contributed by atoms with Crippen molar-refractivity contribution in [2.75, 3.05) is 38.7 Å². The van der Waals surface area contributed by atoms with Gasteiger partial charge in [0.15, 0.2) is 6.29 Å². The average Bonchev–Trinajstić information content (AvgIpc) is 3.10. The van der Waals surface area contributed by atoms with E-state index in [4.69, 9.17) is 14.2 Å². The van der Waals surface area contributed by atoms with E-state index in [0.29, 0.717) is 19.8 Å². The van der Waals surface area contributed by atoms with Gasteiger partial charge in [0.2, 0.25) is 5.91 Å². The summed E-state index contributed by atoms with van der Waals surface area (Å²) >= 11 is 0. The van der Waals surface area contributed by atoms with Gasteiger partial charge < -0.3 is 19.5 Å². The molecule has 1 aromatic rings. The van der Waals surface area contributed by atoms with Crippen molar-refractivity contribution < 1.29 is 19.0 Å². The molecule has 1 N–H and O–H groups in total. The van der Waals surface area contributed by atoms with Crippen molar-refractivity contribution >= 4 is 11.6 Å². The molecule has 6 heteroatoms. The highest BCUT2D eigenvalue weighted by atomic mass is 16.7. The van der Waals surface area contributed by atoms with Gasteiger partial charge in [0.05, 0.1) is 32.9 Å². The van der Waals surface area contributed by atoms with Gasteiger partial charge in [0.25, 0.3) is 0 Å². The van der Waals surface area contributed by atoms with Gasteiger partial charge >= 0.3 is 0 Å². The first kappa shape index (κ1) is 16.2. The number of rotatable bonds is 5. The number of anilines is 1. The van der Waals surface area contributed by atoms with Gasteiger partial charge in [-0.05, 0) is 43.7 Å². The van der Waals surface area contributed by atoms with E-state index in [0.717, 1.165) is 37.2 Å². The van der Waals surface area contributed by atoms with E-state index in [1.54, 1.807) is 7.11 Å². The molecule has 2 aliphatic rings. The average molecular weight is 320 g/mol. The summed E-state index contributed by atoms with van der Waals surface area (Å²) in [6, 6.07) is 7.52. The normalized spacial score (nSPS) is 22.9. The molecule has 0 radical (unpaired) electrons. The number of carbonyl (C=O) groups excluding carboxylic acids is 1. The Labute approximate surface area is 136 Å². The fourth-order valence-corrected chi connectivity index (χ4v) is 3.18. The largest absolute Gasteiger partial charge is 0.497 e. The van der Waals surface area contributed by atoms with Crippen molar-refractivity contribution in [3.8, 4) is 5.75 Å². The Balaban J connectivity index is 1.56. The highest BCUT2D eigenvalue weighted by molar-refractivity contribution is 5.92. The number of ether oxygens (including phenoxy) is 3. The fraction of sp³-hybridized carbons (Fsp3) is 0.588. The number of piperidine rings is 1. The smallest absolute Gasteiger partial charge is 0.238 e. The maximum Gasteiger partial charge on any atom is 0.238 e. The monoisotopic (exact) mass is 320 g/mol. The van der Waals surface area contributed by atoms with E-state index in [9.17, 15) is 4.79 Å². The van der Waals surface area contributed by atoms with Crippen molar-refractivity contribution in [2.45, 2.75) is 31.6 Å². The molecule has 0 spiro atoms. The lowest BCUT2D eigenvalue weighted by Gasteiger charge is -2.37. The lowest BCUT2D eigenvalue weighted by molar-refractivity contribution is -0.127. The van der Waals surface area contributed by atoms with Crippen molar-refractivity contribution in [1.82, 2.24) is 4.90 Å². The first-order valence-electron chi connectivity index (χ1n) is 8.17. The number of amides is 1. The summed E-state index contributed by atoms with van der Waals surface area (Å²) < 4.78 is 16.4. The zero-order chi connectivity index (χ0) is 16.1. The van der Waals surface area contributed by atoms with Gasteiger partial charge in [-0.15, -0.1) is 0 Å². The Morgan fingerprint density at radius 1 is 1.26 bits per heavy atom. The first-order chi connectivity index (χ1) is 11.3. The second-order valence-electron chi connectivity index (χ2n) is 5.92. The molecular weight excluding hydrogens is 296 g/mol. The van der Waals surface area contributed by atoms with E-state index < -0.39 is 0 Å². The van der Waals surface area contributed by atoms with Crippen molar-refractivity contribution in [1.29, 1.82) is 0 Å². The lowest BCUT2D eigenvalue weighted by atomic mass is 10.0. The quantitative estimate of drug-likeness (QED) is 0.897. The predicted molar refractivity (Wildman–Crippen MR) is 86.5 cm³/mol. The number of hydrogen-bond acceptors (Lipinski definition) is 5. The highest BCUT2D eigenvalue weighted by Crippen LogP contribution is 2.24. The summed E-state index contributed by atoms with van der Waals surface area (Å²) in [5.41, 5.74) is 0.776. The molecule has 0 saturated carbocycles. The maximum absolute atomic E-state index is 12.3. The van der Waals surface area contributed by atoms with Crippen LogP contribution in [0, 0.1) is 0 Å². The summed E-state index contributed by atoms with van der Waals surface area (Å²) in [7, 11) is 1.62. The van der Waals surface area contributed by atoms with Crippen molar-refractivity contribution in [2.24, 2.45) is 0 Å². The summed E-state index contributed by atoms with van der Waals surface area (Å²) in [6.45, 7) is 2.56. The second kappa shape index (κ2) is 7.77. The van der Waals surface area contributed by atoms with Crippen LogP contribution in [0.2, 0.25) is 0 Å². The maximum atomic E-state index is 12.3. The summed E-state index contributed by atoms with van der Waals surface area (Å²) in [6.07, 6.45) is 3.09. The third-order valence-electron chi connectivity index (χ3n) is 4.35. The molecule has 0 aliphatic carbocycles. The Bertz CT molecular complexity index is 514. The van der Waals surface area contributed by atoms with Crippen LogP contribution in [-0.2, 0) is 14.3 Å². The second-order valence-corrected chi connectivity index (χ2v) is 5.92. The van der Waals surface area contributed by atoms with Crippen LogP contribution in [0.3, 0.4) is 0 Å². The van der Waals surface area contributed by atoms with E-state index in [2.05, 4.69) is 10.2 Å². The third-order valence-corrected chi connectivity index (χ3v) is 4.35. The first-order valence-corrected chi connectivity index (χ1v) is 8.17. The molecule has 2 fully saturated rings. The van der Waals surface area contributed by atoms with Gasteiger partial charge in [-0.3, -0.25) is 9.69 Å². The molecule has 2 heterocycles. The molecule has 126 valence electrons. The molecule has 2 aliphatic heterocycles. The topological polar surface area (TPSA) is 60.0 Å². The van der Waals surface area contributed by atoms with Crippen LogP contribution in [-0.4, -0.2) is 56.6 Å². The van der Waals surface area contributed by atoms with Crippen molar-refractivity contribution in [3.05, 3.63) is 24.3 Å². The van der Waals surface area contributed by atoms with E-state index >= 15 is 0 Å². The lowest BCUT2D eigenvalue weighted by Crippen LogP contribution is -2.50. The number of likely N-dealkylation sites (tertiary alicyclic amines) is 1. The minimum absolute atomic E-state index is 0.0138. The van der Waals surface area contributed by atoms with Crippen LogP contribution in [0.1, 0.15) is 19.3 Å². The van der Waals surface area contributed by atoms with Gasteiger partial charge in [-0.2, -0.15) is 0 Å². The van der Waals surface area contributed by atoms with Gasteiger partial charge in [-0.1, -0.05) is 6.42 Å². The number of nitrogens with one attached hydrogen (secondary N) is 1. The van der Waals surface area contributed by atoms with Crippen LogP contribution >= 0.6 is 0 Å². The standard InChI is InChI=1S/C17H24N2O4/c1-21-14-7-5-13(6-8-14)18-16(20)12-19-9-3-2-4-15(19)17-22-10-11-23-17/h5-8,15,17H,2-4,9-12H2,1H3,(H,18,20)/t15-/m1/s1. The number of hydrogen-bond donors (Lipinski definition) is 1. The molecule has 0 unspecified atom stereocenters. The summed E-state index contributed by atoms with van der Waals surface area (Å²) in [5, 5.41) is 2.93. The Hall–Kier alpha value is -1.63. The SMILES string of the molecule is COc1ccc(NC(=O)CN2CCCC[C@@H]2C2OCCO2)cc1. The Kier molecular flexibility index (Phi) is 5.48. The molecule has 1 aromatic carbocycles. The number of benzene rings is 1. The molecule has 3 rings (SSSR count). The number of nitrogens with zero attached hydrogens (tertiary/aromatic N) is 1. The van der Waals surface area contributed by atoms with Crippen molar-refractivity contribution in [3.63, 3.8) is 0 Å². The molecule has 2 saturated heterocycles. The highest BCUT2D eigenvalue weighted by Gasteiger charge is 2.34. The minimum atomic E-state index is -0.191. The minimum Gasteiger partial charge on any atom is -0.497 e. The molecule has 1 amide bonds. The van der Waals surface area contributed by atoms with E-state index in [1.807, 2.05) is 24.3 Å². The van der Waals surface area contributed by atoms with Gasteiger partial charge in [0, 0.05) is 5.69 Å². The summed E-state index contributed by atoms with van der Waals surface area (Å²) in [4.78, 5) is 14.5. The van der Waals surface area contributed by atoms with Crippen LogP contribution < -0.4 is 10.1 Å². The van der Waals surface area contributed by atoms with Crippen LogP contribution in [0.25, 0.3) is 0 Å². The van der Waals surface area contributed by atoms with E-state index in [1.165, 1.54) is 0 Å². The van der Waals surface area contributed by atoms with E-state index in [-0.39, 0.29) is 18.2 Å². The number of methoxy groups -OCH3 is 1. The molecule has 23 heavy (non-hydrogen) atoms. The fourth-order valence-electron chi connectivity index (χ4n) is 3.18. The Morgan fingerprint density at radius 3 is 2.70 bits per heavy atom. The molecule has 0 bridgehead atoms. The molecule has 1 atom stereocenters. The third kappa shape index (κ3) is 4.22. The van der Waals surface area contributed by atoms with Crippen LogP contribution in [0.5, 0.6) is 5.75 Å². The molecule has 6 nitrogen and oxygen atoms in total. The Morgan fingerprint density at radius 2 is 2.00 bits per heavy atom. The molecular formula is C17H24N2O4. The summed E-state index contributed by atoms with van der Waals surface area (Å²) in [5.74, 6) is 0.759. The molecule has 0 aromatic heterocycles. The van der Waals surface area contributed by atoms with Crippen LogP contribution in [0.15, 0.2) is 24.3 Å². The zero-order valence-electron chi connectivity index (χ0n) is 13.5. The van der Waals surface area contributed by atoms with Gasteiger partial charge in [-0.25, -0.2) is 0 Å². The van der Waals surface area contributed by atoms with Crippen LogP contribution in [0.4, 0.5) is 5.69 Å². The van der Waals surface area contributed by atoms with Gasteiger partial charge in [0.1, 0.15) is 5.75 Å².